The molecule has 0 bridgehead atoms. The molecule has 0 rings (SSSR count). The van der Waals surface area contributed by atoms with Gasteiger partial charge in [0.15, 0.2) is 0 Å². The van der Waals surface area contributed by atoms with E-state index in [1.807, 2.05) is 6.92 Å². The van der Waals surface area contributed by atoms with Crippen LogP contribution in [0.5, 0.6) is 0 Å². The molecule has 0 saturated heterocycles. The molecular formula is C9H18N2O2S. The van der Waals surface area contributed by atoms with E-state index in [-0.39, 0.29) is 4.75 Å². The van der Waals surface area contributed by atoms with Crippen molar-refractivity contribution >= 4 is 23.6 Å². The van der Waals surface area contributed by atoms with Crippen molar-refractivity contribution < 1.29 is 9.63 Å². The molecule has 0 aromatic rings. The first-order chi connectivity index (χ1) is 6.35. The van der Waals surface area contributed by atoms with Crippen LogP contribution in [-0.4, -0.2) is 29.4 Å². The van der Waals surface area contributed by atoms with E-state index in [9.17, 15) is 4.79 Å². The molecule has 0 fully saturated rings. The second-order valence-electron chi connectivity index (χ2n) is 3.86. The summed E-state index contributed by atoms with van der Waals surface area (Å²) in [5, 5.41) is 6.00. The Morgan fingerprint density at radius 3 is 2.50 bits per heavy atom. The van der Waals surface area contributed by atoms with Crippen molar-refractivity contribution in [2.75, 3.05) is 12.8 Å². The molecule has 0 aromatic carbocycles. The van der Waals surface area contributed by atoms with Gasteiger partial charge in [0.1, 0.15) is 0 Å². The summed E-state index contributed by atoms with van der Waals surface area (Å²) in [6.45, 7) is 8.22. The highest BCUT2D eigenvalue weighted by molar-refractivity contribution is 8.01. The van der Waals surface area contributed by atoms with Crippen molar-refractivity contribution in [3.63, 3.8) is 0 Å². The lowest BCUT2D eigenvalue weighted by Gasteiger charge is -2.16. The number of rotatable bonds is 3. The molecule has 0 aliphatic heterocycles. The van der Waals surface area contributed by atoms with Gasteiger partial charge in [-0.05, 0) is 6.92 Å². The van der Waals surface area contributed by atoms with Crippen molar-refractivity contribution in [2.45, 2.75) is 32.4 Å². The fraction of sp³-hybridized carbons (Fsp3) is 0.778. The number of nitrogens with zero attached hydrogens (tertiary/aromatic N) is 1. The van der Waals surface area contributed by atoms with Gasteiger partial charge in [0.2, 0.25) is 0 Å². The third-order valence-electron chi connectivity index (χ3n) is 1.20. The topological polar surface area (TPSA) is 50.7 Å². The van der Waals surface area contributed by atoms with Gasteiger partial charge < -0.3 is 5.32 Å². The number of hydrogen-bond donors (Lipinski definition) is 1. The quantitative estimate of drug-likeness (QED) is 0.449. The van der Waals surface area contributed by atoms with E-state index in [1.165, 1.54) is 7.05 Å². The van der Waals surface area contributed by atoms with Gasteiger partial charge in [-0.25, -0.2) is 4.79 Å². The van der Waals surface area contributed by atoms with Crippen molar-refractivity contribution in [2.24, 2.45) is 5.16 Å². The number of thioether (sulfide) groups is 1. The maximum Gasteiger partial charge on any atom is 0.433 e. The van der Waals surface area contributed by atoms with Crippen LogP contribution >= 0.6 is 11.8 Å². The predicted octanol–water partition coefficient (Wildman–Crippen LogP) is 2.25. The fourth-order valence-corrected chi connectivity index (χ4v) is 1.21. The standard InChI is InChI=1S/C9H18N2O2S/c1-7(6-14-9(2,3)4)11-13-8(12)10-5/h6H2,1-5H3,(H,10,12). The molecule has 0 aliphatic rings. The molecule has 5 heteroatoms. The minimum Gasteiger partial charge on any atom is -0.323 e. The normalized spacial score (nSPS) is 12.5. The summed E-state index contributed by atoms with van der Waals surface area (Å²) in [5.74, 6) is 0.764. The lowest BCUT2D eigenvalue weighted by atomic mass is 10.3. The van der Waals surface area contributed by atoms with Gasteiger partial charge in [-0.3, -0.25) is 4.84 Å². The van der Waals surface area contributed by atoms with Crippen molar-refractivity contribution in [1.29, 1.82) is 0 Å². The van der Waals surface area contributed by atoms with Gasteiger partial charge in [-0.15, -0.1) is 11.8 Å². The summed E-state index contributed by atoms with van der Waals surface area (Å²) < 4.78 is 0.198. The van der Waals surface area contributed by atoms with Crippen LogP contribution in [0.1, 0.15) is 27.7 Å². The second-order valence-corrected chi connectivity index (χ2v) is 5.66. The van der Waals surface area contributed by atoms with Crippen molar-refractivity contribution in [3.05, 3.63) is 0 Å². The van der Waals surface area contributed by atoms with Crippen LogP contribution in [0.4, 0.5) is 4.79 Å². The Balaban J connectivity index is 3.84. The van der Waals surface area contributed by atoms with E-state index in [0.29, 0.717) is 0 Å². The zero-order valence-corrected chi connectivity index (χ0v) is 10.2. The van der Waals surface area contributed by atoms with E-state index in [0.717, 1.165) is 11.5 Å². The molecule has 0 spiro atoms. The van der Waals surface area contributed by atoms with E-state index in [2.05, 4.69) is 36.1 Å². The minimum absolute atomic E-state index is 0.198. The van der Waals surface area contributed by atoms with Gasteiger partial charge in [-0.2, -0.15) is 0 Å². The number of nitrogens with one attached hydrogen (secondary N) is 1. The first kappa shape index (κ1) is 13.3. The van der Waals surface area contributed by atoms with E-state index >= 15 is 0 Å². The molecule has 4 nitrogen and oxygen atoms in total. The molecule has 0 heterocycles. The Kier molecular flexibility index (Phi) is 5.60. The lowest BCUT2D eigenvalue weighted by molar-refractivity contribution is 0.153. The second kappa shape index (κ2) is 5.90. The highest BCUT2D eigenvalue weighted by Gasteiger charge is 2.10. The largest absolute Gasteiger partial charge is 0.433 e. The Bertz CT molecular complexity index is 221. The first-order valence-corrected chi connectivity index (χ1v) is 5.40. The summed E-state index contributed by atoms with van der Waals surface area (Å²) in [5.41, 5.74) is 0.800. The van der Waals surface area contributed by atoms with Gasteiger partial charge in [0.25, 0.3) is 0 Å². The average molecular weight is 218 g/mol. The number of hydrogen-bond acceptors (Lipinski definition) is 4. The number of oxime groups is 1. The van der Waals surface area contributed by atoms with Crippen LogP contribution < -0.4 is 5.32 Å². The van der Waals surface area contributed by atoms with Crippen molar-refractivity contribution in [1.82, 2.24) is 5.32 Å². The van der Waals surface area contributed by atoms with Gasteiger partial charge >= 0.3 is 6.09 Å². The van der Waals surface area contributed by atoms with Gasteiger partial charge in [0.05, 0.1) is 5.71 Å². The Hall–Kier alpha value is -0.710. The third kappa shape index (κ3) is 7.91. The maximum absolute atomic E-state index is 10.7. The highest BCUT2D eigenvalue weighted by Crippen LogP contribution is 2.22. The van der Waals surface area contributed by atoms with E-state index in [4.69, 9.17) is 0 Å². The maximum atomic E-state index is 10.7. The zero-order valence-electron chi connectivity index (χ0n) is 9.38. The third-order valence-corrected chi connectivity index (χ3v) is 2.63. The summed E-state index contributed by atoms with van der Waals surface area (Å²) in [7, 11) is 1.50. The summed E-state index contributed by atoms with van der Waals surface area (Å²) in [6.07, 6.45) is -0.537. The van der Waals surface area contributed by atoms with E-state index < -0.39 is 6.09 Å². The van der Waals surface area contributed by atoms with E-state index in [1.54, 1.807) is 11.8 Å². The molecule has 1 amide bonds. The first-order valence-electron chi connectivity index (χ1n) is 4.41. The van der Waals surface area contributed by atoms with Gasteiger partial charge in [0, 0.05) is 17.5 Å². The molecule has 0 atom stereocenters. The molecule has 0 aliphatic carbocycles. The smallest absolute Gasteiger partial charge is 0.323 e. The average Bonchev–Trinajstić information content (AvgIpc) is 2.09. The lowest BCUT2D eigenvalue weighted by Crippen LogP contribution is -2.18. The minimum atomic E-state index is -0.537. The number of amides is 1. The number of carbonyl (C=O) groups is 1. The monoisotopic (exact) mass is 218 g/mol. The molecule has 0 unspecified atom stereocenters. The SMILES string of the molecule is CNC(=O)ON=C(C)CSC(C)(C)C. The molecule has 14 heavy (non-hydrogen) atoms. The highest BCUT2D eigenvalue weighted by atomic mass is 32.2. The molecule has 0 saturated carbocycles. The van der Waals surface area contributed by atoms with Crippen LogP contribution in [-0.2, 0) is 4.84 Å². The summed E-state index contributed by atoms with van der Waals surface area (Å²) >= 11 is 1.76. The molecule has 0 aromatic heterocycles. The Labute approximate surface area is 89.5 Å². The van der Waals surface area contributed by atoms with Crippen molar-refractivity contribution in [3.8, 4) is 0 Å². The molecule has 82 valence electrons. The Morgan fingerprint density at radius 2 is 2.07 bits per heavy atom. The van der Waals surface area contributed by atoms with Crippen LogP contribution in [0.2, 0.25) is 0 Å². The van der Waals surface area contributed by atoms with Crippen LogP contribution in [0.15, 0.2) is 5.16 Å². The fourth-order valence-electron chi connectivity index (χ4n) is 0.512. The van der Waals surface area contributed by atoms with Crippen LogP contribution in [0.25, 0.3) is 0 Å². The summed E-state index contributed by atoms with van der Waals surface area (Å²) in [4.78, 5) is 15.2. The van der Waals surface area contributed by atoms with Gasteiger partial charge in [-0.1, -0.05) is 25.9 Å². The molecule has 0 radical (unpaired) electrons. The predicted molar refractivity (Wildman–Crippen MR) is 60.9 cm³/mol. The zero-order chi connectivity index (χ0) is 11.2. The Morgan fingerprint density at radius 1 is 1.50 bits per heavy atom. The molecular weight excluding hydrogens is 200 g/mol. The van der Waals surface area contributed by atoms with Crippen LogP contribution in [0.3, 0.4) is 0 Å². The van der Waals surface area contributed by atoms with Crippen LogP contribution in [0, 0.1) is 0 Å². The summed E-state index contributed by atoms with van der Waals surface area (Å²) in [6, 6.07) is 0. The molecule has 1 N–H and O–H groups in total. The number of carbonyl (C=O) groups excluding carboxylic acids is 1.